The Balaban J connectivity index is 1.15. The van der Waals surface area contributed by atoms with E-state index in [0.29, 0.717) is 11.1 Å². The van der Waals surface area contributed by atoms with Gasteiger partial charge in [0.1, 0.15) is 0 Å². The number of anilines is 2. The summed E-state index contributed by atoms with van der Waals surface area (Å²) in [5, 5.41) is 6.00. The first-order valence-corrected chi connectivity index (χ1v) is 16.1. The normalized spacial score (nSPS) is 11.5. The lowest BCUT2D eigenvalue weighted by molar-refractivity contribution is -0.888. The van der Waals surface area contributed by atoms with Crippen LogP contribution in [0.3, 0.4) is 0 Å². The van der Waals surface area contributed by atoms with Crippen molar-refractivity contribution in [3.8, 4) is 22.3 Å². The van der Waals surface area contributed by atoms with Gasteiger partial charge in [-0.3, -0.25) is 9.59 Å². The van der Waals surface area contributed by atoms with Crippen LogP contribution in [0.4, 0.5) is 11.4 Å². The Labute approximate surface area is 280 Å². The number of amides is 2. The van der Waals surface area contributed by atoms with Crippen LogP contribution in [0.25, 0.3) is 22.3 Å². The van der Waals surface area contributed by atoms with Crippen LogP contribution in [0, 0.1) is 0 Å². The Morgan fingerprint density at radius 2 is 0.851 bits per heavy atom. The molecule has 0 radical (unpaired) electrons. The summed E-state index contributed by atoms with van der Waals surface area (Å²) in [4.78, 5) is 25.6. The van der Waals surface area contributed by atoms with E-state index >= 15 is 0 Å². The maximum Gasteiger partial charge on any atom is 0.657 e. The second-order valence-corrected chi connectivity index (χ2v) is 13.9. The predicted octanol–water partition coefficient (Wildman–Crippen LogP) is 7.64. The first-order valence-electron chi connectivity index (χ1n) is 16.1. The lowest BCUT2D eigenvalue weighted by atomic mass is 9.97. The second kappa shape index (κ2) is 14.2. The molecule has 7 heteroatoms. The number of hydrogen-bond acceptors (Lipinski definition) is 2. The van der Waals surface area contributed by atoms with Gasteiger partial charge in [0.2, 0.25) is 0 Å². The summed E-state index contributed by atoms with van der Waals surface area (Å²) in [6.07, 6.45) is 0.947. The smallest absolute Gasteiger partial charge is 0.345 e. The summed E-state index contributed by atoms with van der Waals surface area (Å²) in [6.45, 7) is 3.00. The second-order valence-electron chi connectivity index (χ2n) is 13.9. The Morgan fingerprint density at radius 1 is 0.511 bits per heavy atom. The first-order chi connectivity index (χ1) is 22.4. The molecule has 0 aliphatic carbocycles. The summed E-state index contributed by atoms with van der Waals surface area (Å²) in [5.74, 6) is -0.236. The van der Waals surface area contributed by atoms with E-state index in [2.05, 4.69) is 89.2 Å². The zero-order chi connectivity index (χ0) is 33.6. The van der Waals surface area contributed by atoms with Gasteiger partial charge in [-0.15, -0.1) is 0 Å². The van der Waals surface area contributed by atoms with Crippen molar-refractivity contribution >= 4 is 30.7 Å². The van der Waals surface area contributed by atoms with Crippen molar-refractivity contribution in [1.82, 2.24) is 0 Å². The average Bonchev–Trinajstić information content (AvgIpc) is 3.04. The summed E-state index contributed by atoms with van der Waals surface area (Å²) in [7, 11) is 12.1. The molecule has 47 heavy (non-hydrogen) atoms. The highest BCUT2D eigenvalue weighted by Crippen LogP contribution is 2.27. The van der Waals surface area contributed by atoms with Crippen molar-refractivity contribution < 1.29 is 18.4 Å². The molecule has 0 atom stereocenters. The molecule has 2 N–H and O–H groups in total. The standard InChI is InChI=1S/C40H43BN4O2/c1-7-29-8-12-35(13-9-29)39(46)42-37-24-20-33(21-25-37)31-16-18-32(19-17-31)34-22-26-38(27-23-34)43-40(47)36-14-10-30(11-15-36)28-45(5,6)41-44(2,3)4/h8-27,41H,7,28H2,1-6H3/p+2. The molecule has 0 saturated heterocycles. The molecule has 238 valence electrons. The van der Waals surface area contributed by atoms with Crippen molar-refractivity contribution in [1.29, 1.82) is 0 Å². The number of hydrogen-bond donors (Lipinski definition) is 2. The highest BCUT2D eigenvalue weighted by atomic mass is 16.2. The van der Waals surface area contributed by atoms with E-state index in [-0.39, 0.29) is 11.8 Å². The highest BCUT2D eigenvalue weighted by molar-refractivity contribution is 6.16. The van der Waals surface area contributed by atoms with Gasteiger partial charge in [0.15, 0.2) is 0 Å². The van der Waals surface area contributed by atoms with Crippen molar-refractivity contribution in [3.63, 3.8) is 0 Å². The number of carbonyl (C=O) groups is 2. The van der Waals surface area contributed by atoms with E-state index in [0.717, 1.165) is 62.9 Å². The summed E-state index contributed by atoms with van der Waals surface area (Å²) >= 11 is 0. The van der Waals surface area contributed by atoms with Crippen LogP contribution in [-0.2, 0) is 13.0 Å². The molecule has 5 aromatic carbocycles. The van der Waals surface area contributed by atoms with Gasteiger partial charge >= 0.3 is 7.55 Å². The number of rotatable bonds is 11. The SMILES string of the molecule is CCc1ccc(C(=O)Nc2ccc(-c3ccc(-c4ccc(NC(=O)c5ccc(C[N+](C)(C)B[N+](C)(C)C)cc5)cc4)cc3)cc2)cc1. The Morgan fingerprint density at radius 3 is 1.19 bits per heavy atom. The van der Waals surface area contributed by atoms with Crippen LogP contribution in [0.5, 0.6) is 0 Å². The zero-order valence-corrected chi connectivity index (χ0v) is 28.4. The van der Waals surface area contributed by atoms with E-state index in [1.165, 1.54) is 11.1 Å². The van der Waals surface area contributed by atoms with Crippen molar-refractivity contribution in [2.75, 3.05) is 45.9 Å². The van der Waals surface area contributed by atoms with E-state index in [9.17, 15) is 9.59 Å². The van der Waals surface area contributed by atoms with Gasteiger partial charge in [-0.1, -0.05) is 79.7 Å². The molecule has 6 nitrogen and oxygen atoms in total. The van der Waals surface area contributed by atoms with Gasteiger partial charge in [0, 0.05) is 28.1 Å². The predicted molar refractivity (Wildman–Crippen MR) is 196 cm³/mol. The number of benzene rings is 5. The molecule has 0 unspecified atom stereocenters. The van der Waals surface area contributed by atoms with Gasteiger partial charge in [-0.2, -0.15) is 0 Å². The summed E-state index contributed by atoms with van der Waals surface area (Å²) in [6, 6.07) is 39.8. The van der Waals surface area contributed by atoms with Crippen molar-refractivity contribution in [2.45, 2.75) is 19.9 Å². The van der Waals surface area contributed by atoms with Crippen LogP contribution in [0.2, 0.25) is 0 Å². The Bertz CT molecular complexity index is 1810. The topological polar surface area (TPSA) is 58.2 Å². The minimum Gasteiger partial charge on any atom is -0.345 e. The molecule has 0 saturated carbocycles. The molecule has 0 spiro atoms. The zero-order valence-electron chi connectivity index (χ0n) is 28.4. The fourth-order valence-corrected chi connectivity index (χ4v) is 6.10. The molecule has 0 aromatic heterocycles. The fourth-order valence-electron chi connectivity index (χ4n) is 6.10. The third-order valence-electron chi connectivity index (χ3n) is 8.10. The first kappa shape index (κ1) is 33.4. The third-order valence-corrected chi connectivity index (χ3v) is 8.10. The lowest BCUT2D eigenvalue weighted by Gasteiger charge is -2.34. The molecule has 5 aromatic rings. The van der Waals surface area contributed by atoms with Crippen LogP contribution in [0.1, 0.15) is 38.8 Å². The summed E-state index contributed by atoms with van der Waals surface area (Å²) in [5.41, 5.74) is 9.54. The number of nitrogens with zero attached hydrogens (tertiary/aromatic N) is 2. The van der Waals surface area contributed by atoms with Gasteiger partial charge < -0.3 is 19.4 Å². The molecular weight excluding hydrogens is 579 g/mol. The maximum absolute atomic E-state index is 12.9. The van der Waals surface area contributed by atoms with Crippen LogP contribution in [-0.4, -0.2) is 63.4 Å². The van der Waals surface area contributed by atoms with Crippen molar-refractivity contribution in [3.05, 3.63) is 144 Å². The molecule has 0 heterocycles. The quantitative estimate of drug-likeness (QED) is 0.149. The third kappa shape index (κ3) is 9.29. The molecular formula is C40H45BN4O2+2. The minimum atomic E-state index is -0.120. The number of quaternary nitrogens is 2. The van der Waals surface area contributed by atoms with E-state index in [1.54, 1.807) is 0 Å². The molecule has 0 aliphatic heterocycles. The van der Waals surface area contributed by atoms with Gasteiger partial charge in [0.25, 0.3) is 11.8 Å². The largest absolute Gasteiger partial charge is 0.657 e. The van der Waals surface area contributed by atoms with Crippen LogP contribution >= 0.6 is 0 Å². The Kier molecular flexibility index (Phi) is 10.1. The molecule has 0 bridgehead atoms. The summed E-state index contributed by atoms with van der Waals surface area (Å²) < 4.78 is 1.76. The number of carbonyl (C=O) groups excluding carboxylic acids is 2. The lowest BCUT2D eigenvalue weighted by Crippen LogP contribution is -2.56. The molecule has 0 aliphatic rings. The van der Waals surface area contributed by atoms with E-state index in [4.69, 9.17) is 0 Å². The maximum atomic E-state index is 12.9. The van der Waals surface area contributed by atoms with Crippen LogP contribution in [0.15, 0.2) is 121 Å². The fraction of sp³-hybridized carbons (Fsp3) is 0.200. The van der Waals surface area contributed by atoms with E-state index < -0.39 is 0 Å². The average molecular weight is 625 g/mol. The van der Waals surface area contributed by atoms with E-state index in [1.807, 2.05) is 84.9 Å². The number of nitrogens with one attached hydrogen (secondary N) is 2. The van der Waals surface area contributed by atoms with Crippen LogP contribution < -0.4 is 10.6 Å². The monoisotopic (exact) mass is 624 g/mol. The minimum absolute atomic E-state index is 0.116. The molecule has 0 fully saturated rings. The number of aryl methyl sites for hydroxylation is 1. The van der Waals surface area contributed by atoms with Gasteiger partial charge in [0.05, 0.1) is 41.8 Å². The Hall–Kier alpha value is -4.98. The van der Waals surface area contributed by atoms with Gasteiger partial charge in [-0.05, 0) is 82.8 Å². The highest BCUT2D eigenvalue weighted by Gasteiger charge is 2.31. The van der Waals surface area contributed by atoms with Crippen molar-refractivity contribution in [2.24, 2.45) is 0 Å². The van der Waals surface area contributed by atoms with Gasteiger partial charge in [-0.25, -0.2) is 0 Å². The molecule has 5 rings (SSSR count). The molecule has 2 amide bonds.